The number of nitrogens with one attached hydrogen (secondary N) is 2. The summed E-state index contributed by atoms with van der Waals surface area (Å²) in [6, 6.07) is 16.5. The third kappa shape index (κ3) is 4.35. The van der Waals surface area contributed by atoms with E-state index in [-0.39, 0.29) is 11.1 Å². The maximum Gasteiger partial charge on any atom is 0.324 e. The Morgan fingerprint density at radius 1 is 1.04 bits per heavy atom. The minimum Gasteiger partial charge on any atom is -0.308 e. The number of hydrogen-bond donors (Lipinski definition) is 2. The molecule has 3 aromatic rings. The van der Waals surface area contributed by atoms with Gasteiger partial charge in [-0.2, -0.15) is 5.10 Å². The smallest absolute Gasteiger partial charge is 0.308 e. The lowest BCUT2D eigenvalue weighted by Gasteiger charge is -2.14. The molecule has 2 amide bonds. The Kier molecular flexibility index (Phi) is 5.12. The van der Waals surface area contributed by atoms with Crippen molar-refractivity contribution in [1.82, 2.24) is 9.78 Å². The van der Waals surface area contributed by atoms with Gasteiger partial charge in [-0.3, -0.25) is 15.4 Å². The molecule has 0 spiro atoms. The highest BCUT2D eigenvalue weighted by Gasteiger charge is 2.22. The zero-order valence-electron chi connectivity index (χ0n) is 15.8. The van der Waals surface area contributed by atoms with E-state index >= 15 is 0 Å². The van der Waals surface area contributed by atoms with Gasteiger partial charge in [-0.05, 0) is 18.2 Å². The van der Waals surface area contributed by atoms with Crippen LogP contribution in [0.15, 0.2) is 60.7 Å². The molecule has 0 fully saturated rings. The van der Waals surface area contributed by atoms with E-state index in [0.29, 0.717) is 17.2 Å². The number of urea groups is 1. The summed E-state index contributed by atoms with van der Waals surface area (Å²) in [4.78, 5) is 23.1. The first-order valence-corrected chi connectivity index (χ1v) is 8.72. The first-order valence-electron chi connectivity index (χ1n) is 8.72. The number of carbonyl (C=O) groups is 1. The summed E-state index contributed by atoms with van der Waals surface area (Å²) in [5, 5.41) is 21.2. The molecule has 0 radical (unpaired) electrons. The largest absolute Gasteiger partial charge is 0.324 e. The normalized spacial score (nSPS) is 11.1. The molecule has 0 unspecified atom stereocenters. The molecule has 0 bridgehead atoms. The fourth-order valence-electron chi connectivity index (χ4n) is 2.57. The monoisotopic (exact) mass is 379 g/mol. The number of rotatable bonds is 4. The molecule has 8 heteroatoms. The number of carbonyl (C=O) groups excluding carboxylic acids is 1. The van der Waals surface area contributed by atoms with Crippen molar-refractivity contribution < 1.29 is 9.72 Å². The van der Waals surface area contributed by atoms with Crippen LogP contribution in [0.5, 0.6) is 0 Å². The second-order valence-corrected chi connectivity index (χ2v) is 7.30. The molecule has 0 saturated heterocycles. The van der Waals surface area contributed by atoms with E-state index in [1.165, 1.54) is 16.8 Å². The summed E-state index contributed by atoms with van der Waals surface area (Å²) < 4.78 is 1.50. The van der Waals surface area contributed by atoms with Gasteiger partial charge in [-0.15, -0.1) is 0 Å². The zero-order valence-corrected chi connectivity index (χ0v) is 15.8. The van der Waals surface area contributed by atoms with E-state index < -0.39 is 11.0 Å². The molecule has 1 aromatic heterocycles. The van der Waals surface area contributed by atoms with Gasteiger partial charge in [0.15, 0.2) is 0 Å². The van der Waals surface area contributed by atoms with Crippen molar-refractivity contribution in [1.29, 1.82) is 0 Å². The van der Waals surface area contributed by atoms with Crippen LogP contribution < -0.4 is 10.6 Å². The molecule has 0 atom stereocenters. The number of aromatic nitrogens is 2. The summed E-state index contributed by atoms with van der Waals surface area (Å²) in [5.41, 5.74) is 1.56. The molecule has 0 aliphatic heterocycles. The molecule has 144 valence electrons. The van der Waals surface area contributed by atoms with Crippen molar-refractivity contribution in [3.63, 3.8) is 0 Å². The van der Waals surface area contributed by atoms with Gasteiger partial charge in [-0.25, -0.2) is 9.48 Å². The lowest BCUT2D eigenvalue weighted by atomic mass is 9.92. The summed E-state index contributed by atoms with van der Waals surface area (Å²) in [6.07, 6.45) is 0. The van der Waals surface area contributed by atoms with E-state index in [2.05, 4.69) is 15.7 Å². The molecular formula is C20H21N5O3. The minimum atomic E-state index is -0.465. The first-order chi connectivity index (χ1) is 13.2. The van der Waals surface area contributed by atoms with E-state index in [1.807, 2.05) is 39.0 Å². The highest BCUT2D eigenvalue weighted by molar-refractivity contribution is 5.99. The molecular weight excluding hydrogens is 358 g/mol. The summed E-state index contributed by atoms with van der Waals surface area (Å²) in [7, 11) is 0. The van der Waals surface area contributed by atoms with E-state index in [1.54, 1.807) is 30.3 Å². The maximum absolute atomic E-state index is 12.4. The zero-order chi connectivity index (χ0) is 20.3. The molecule has 3 rings (SSSR count). The van der Waals surface area contributed by atoms with Crippen molar-refractivity contribution in [3.8, 4) is 5.69 Å². The Bertz CT molecular complexity index is 1010. The van der Waals surface area contributed by atoms with Crippen molar-refractivity contribution in [2.24, 2.45) is 0 Å². The number of para-hydroxylation sites is 1. The summed E-state index contributed by atoms with van der Waals surface area (Å²) >= 11 is 0. The van der Waals surface area contributed by atoms with Crippen LogP contribution in [-0.4, -0.2) is 20.7 Å². The average molecular weight is 379 g/mol. The fraction of sp³-hybridized carbons (Fsp3) is 0.200. The number of anilines is 2. The van der Waals surface area contributed by atoms with Crippen molar-refractivity contribution in [2.45, 2.75) is 26.2 Å². The minimum absolute atomic E-state index is 0.0509. The number of hydrogen-bond acceptors (Lipinski definition) is 4. The maximum atomic E-state index is 12.4. The number of benzene rings is 2. The predicted molar refractivity (Wildman–Crippen MR) is 108 cm³/mol. The molecule has 1 heterocycles. The second kappa shape index (κ2) is 7.51. The van der Waals surface area contributed by atoms with E-state index in [0.717, 1.165) is 5.69 Å². The van der Waals surface area contributed by atoms with E-state index in [4.69, 9.17) is 0 Å². The lowest BCUT2D eigenvalue weighted by Crippen LogP contribution is -2.21. The van der Waals surface area contributed by atoms with Crippen LogP contribution in [0.2, 0.25) is 0 Å². The molecule has 0 aliphatic rings. The van der Waals surface area contributed by atoms with Gasteiger partial charge in [0.05, 0.1) is 16.3 Å². The first kappa shape index (κ1) is 19.1. The van der Waals surface area contributed by atoms with E-state index in [9.17, 15) is 14.9 Å². The average Bonchev–Trinajstić information content (AvgIpc) is 3.06. The van der Waals surface area contributed by atoms with Crippen LogP contribution in [0.4, 0.5) is 22.0 Å². The van der Waals surface area contributed by atoms with Gasteiger partial charge in [0.1, 0.15) is 5.82 Å². The molecule has 2 aromatic carbocycles. The Hall–Kier alpha value is -3.68. The lowest BCUT2D eigenvalue weighted by molar-refractivity contribution is -0.384. The standard InChI is InChI=1S/C20H21N5O3/c1-20(2,3)17-13-18(22-19(26)21-14-8-5-4-6-9-14)24(23-17)15-10-7-11-16(12-15)25(27)28/h4-13H,1-3H3,(H2,21,22,26). The van der Waals surface area contributed by atoms with Crippen LogP contribution in [0.25, 0.3) is 5.69 Å². The Morgan fingerprint density at radius 2 is 1.75 bits per heavy atom. The van der Waals surface area contributed by atoms with Crippen LogP contribution in [0.3, 0.4) is 0 Å². The number of nitro groups is 1. The summed E-state index contributed by atoms with van der Waals surface area (Å²) in [6.45, 7) is 6.00. The molecule has 2 N–H and O–H groups in total. The number of nitrogens with zero attached hydrogens (tertiary/aromatic N) is 3. The van der Waals surface area contributed by atoms with Crippen LogP contribution in [0.1, 0.15) is 26.5 Å². The van der Waals surface area contributed by atoms with Crippen molar-refractivity contribution in [3.05, 3.63) is 76.5 Å². The van der Waals surface area contributed by atoms with Crippen LogP contribution >= 0.6 is 0 Å². The Morgan fingerprint density at radius 3 is 2.39 bits per heavy atom. The Labute approximate surface area is 162 Å². The van der Waals surface area contributed by atoms with Crippen molar-refractivity contribution in [2.75, 3.05) is 10.6 Å². The molecule has 0 saturated carbocycles. The molecule has 28 heavy (non-hydrogen) atoms. The fourth-order valence-corrected chi connectivity index (χ4v) is 2.57. The molecule has 8 nitrogen and oxygen atoms in total. The van der Waals surface area contributed by atoms with Gasteiger partial charge < -0.3 is 5.32 Å². The topological polar surface area (TPSA) is 102 Å². The van der Waals surface area contributed by atoms with Crippen LogP contribution in [0, 0.1) is 10.1 Å². The van der Waals surface area contributed by atoms with Gasteiger partial charge >= 0.3 is 6.03 Å². The third-order valence-electron chi connectivity index (χ3n) is 4.04. The van der Waals surface area contributed by atoms with Crippen LogP contribution in [-0.2, 0) is 5.41 Å². The van der Waals surface area contributed by atoms with Gasteiger partial charge in [0.2, 0.25) is 0 Å². The SMILES string of the molecule is CC(C)(C)c1cc(NC(=O)Nc2ccccc2)n(-c2cccc([N+](=O)[O-])c2)n1. The predicted octanol–water partition coefficient (Wildman–Crippen LogP) is 4.72. The van der Waals surface area contributed by atoms with Gasteiger partial charge in [0.25, 0.3) is 5.69 Å². The second-order valence-electron chi connectivity index (χ2n) is 7.30. The number of amides is 2. The molecule has 0 aliphatic carbocycles. The quantitative estimate of drug-likeness (QED) is 0.506. The Balaban J connectivity index is 1.95. The number of non-ortho nitro benzene ring substituents is 1. The van der Waals surface area contributed by atoms with Crippen molar-refractivity contribution >= 4 is 23.2 Å². The third-order valence-corrected chi connectivity index (χ3v) is 4.04. The highest BCUT2D eigenvalue weighted by atomic mass is 16.6. The number of nitro benzene ring substituents is 1. The van der Waals surface area contributed by atoms with Gasteiger partial charge in [0, 0.05) is 29.3 Å². The highest BCUT2D eigenvalue weighted by Crippen LogP contribution is 2.27. The van der Waals surface area contributed by atoms with Gasteiger partial charge in [-0.1, -0.05) is 45.0 Å². The summed E-state index contributed by atoms with van der Waals surface area (Å²) in [5.74, 6) is 0.416.